The van der Waals surface area contributed by atoms with Crippen LogP contribution in [0.5, 0.6) is 0 Å². The van der Waals surface area contributed by atoms with Gasteiger partial charge in [0.1, 0.15) is 0 Å². The summed E-state index contributed by atoms with van der Waals surface area (Å²) in [7, 11) is 0. The molecule has 1 heterocycles. The molecule has 1 aromatic carbocycles. The van der Waals surface area contributed by atoms with Crippen LogP contribution in [0.4, 0.5) is 17.1 Å². The molecule has 0 radical (unpaired) electrons. The minimum Gasteiger partial charge on any atom is -0.397 e. The average Bonchev–Trinajstić information content (AvgIpc) is 3.27. The Balaban J connectivity index is 1.47. The number of fused-ring (bicyclic) bond motifs is 1. The summed E-state index contributed by atoms with van der Waals surface area (Å²) in [6.07, 6.45) is 4.97. The van der Waals surface area contributed by atoms with Gasteiger partial charge in [-0.05, 0) is 49.3 Å². The molecule has 2 aliphatic rings. The van der Waals surface area contributed by atoms with Crippen LogP contribution in [0.25, 0.3) is 0 Å². The maximum Gasteiger partial charge on any atom is 0.224 e. The van der Waals surface area contributed by atoms with E-state index in [9.17, 15) is 4.79 Å². The van der Waals surface area contributed by atoms with Crippen LogP contribution in [0.1, 0.15) is 31.2 Å². The van der Waals surface area contributed by atoms with Crippen LogP contribution in [-0.2, 0) is 16.0 Å². The molecule has 5 nitrogen and oxygen atoms in total. The fourth-order valence-corrected chi connectivity index (χ4v) is 2.53. The highest BCUT2D eigenvalue weighted by atomic mass is 16.5. The van der Waals surface area contributed by atoms with Gasteiger partial charge in [-0.1, -0.05) is 0 Å². The molecule has 1 fully saturated rings. The first-order chi connectivity index (χ1) is 10.2. The highest BCUT2D eigenvalue weighted by Crippen LogP contribution is 2.31. The second-order valence-electron chi connectivity index (χ2n) is 5.94. The van der Waals surface area contributed by atoms with E-state index in [1.807, 2.05) is 6.07 Å². The number of carbonyl (C=O) groups is 1. The van der Waals surface area contributed by atoms with E-state index in [2.05, 4.69) is 16.7 Å². The molecule has 0 atom stereocenters. The summed E-state index contributed by atoms with van der Waals surface area (Å²) in [6.45, 7) is 2.56. The molecule has 1 aliphatic carbocycles. The van der Waals surface area contributed by atoms with Crippen LogP contribution >= 0.6 is 0 Å². The maximum absolute atomic E-state index is 11.4. The van der Waals surface area contributed by atoms with E-state index < -0.39 is 0 Å². The number of rotatable bonds is 7. The monoisotopic (exact) mass is 289 g/mol. The van der Waals surface area contributed by atoms with Gasteiger partial charge in [-0.2, -0.15) is 0 Å². The summed E-state index contributed by atoms with van der Waals surface area (Å²) >= 11 is 0. The van der Waals surface area contributed by atoms with E-state index in [0.717, 1.165) is 55.5 Å². The second kappa shape index (κ2) is 6.35. The largest absolute Gasteiger partial charge is 0.397 e. The van der Waals surface area contributed by atoms with Gasteiger partial charge in [0.15, 0.2) is 0 Å². The van der Waals surface area contributed by atoms with E-state index in [4.69, 9.17) is 10.5 Å². The Morgan fingerprint density at radius 3 is 3.00 bits per heavy atom. The predicted molar refractivity (Wildman–Crippen MR) is 84.5 cm³/mol. The quantitative estimate of drug-likeness (QED) is 0.532. The molecule has 1 amide bonds. The SMILES string of the molecule is Nc1cc2c(cc1NCCCOCC1CC1)CCC(=O)N2. The molecule has 114 valence electrons. The molecule has 1 saturated carbocycles. The van der Waals surface area contributed by atoms with Gasteiger partial charge in [0.05, 0.1) is 11.4 Å². The number of carbonyl (C=O) groups excluding carboxylic acids is 1. The third-order valence-electron chi connectivity index (χ3n) is 4.00. The molecule has 21 heavy (non-hydrogen) atoms. The van der Waals surface area contributed by atoms with E-state index in [1.165, 1.54) is 12.8 Å². The zero-order valence-electron chi connectivity index (χ0n) is 12.3. The van der Waals surface area contributed by atoms with E-state index >= 15 is 0 Å². The average molecular weight is 289 g/mol. The Bertz CT molecular complexity index is 526. The van der Waals surface area contributed by atoms with Crippen LogP contribution in [0, 0.1) is 5.92 Å². The molecule has 0 aromatic heterocycles. The van der Waals surface area contributed by atoms with Crippen molar-refractivity contribution in [1.29, 1.82) is 0 Å². The number of amides is 1. The molecule has 0 saturated heterocycles. The fraction of sp³-hybridized carbons (Fsp3) is 0.562. The molecule has 0 unspecified atom stereocenters. The third-order valence-corrected chi connectivity index (χ3v) is 4.00. The zero-order valence-corrected chi connectivity index (χ0v) is 12.3. The molecule has 1 aromatic rings. The number of nitrogens with one attached hydrogen (secondary N) is 2. The van der Waals surface area contributed by atoms with Crippen molar-refractivity contribution in [3.63, 3.8) is 0 Å². The van der Waals surface area contributed by atoms with Gasteiger partial charge >= 0.3 is 0 Å². The number of hydrogen-bond donors (Lipinski definition) is 3. The Labute approximate surface area is 125 Å². The number of aryl methyl sites for hydroxylation is 1. The molecule has 4 N–H and O–H groups in total. The summed E-state index contributed by atoms with van der Waals surface area (Å²) < 4.78 is 5.61. The number of ether oxygens (including phenoxy) is 1. The predicted octanol–water partition coefficient (Wildman–Crippen LogP) is 2.38. The first-order valence-electron chi connectivity index (χ1n) is 7.76. The molecule has 0 spiro atoms. The van der Waals surface area contributed by atoms with E-state index in [-0.39, 0.29) is 5.91 Å². The van der Waals surface area contributed by atoms with Crippen molar-refractivity contribution >= 4 is 23.0 Å². The second-order valence-corrected chi connectivity index (χ2v) is 5.94. The molecular formula is C16H23N3O2. The lowest BCUT2D eigenvalue weighted by Crippen LogP contribution is -2.19. The van der Waals surface area contributed by atoms with Crippen molar-refractivity contribution in [2.75, 3.05) is 36.1 Å². The van der Waals surface area contributed by atoms with Crippen LogP contribution in [0.2, 0.25) is 0 Å². The summed E-state index contributed by atoms with van der Waals surface area (Å²) in [5.74, 6) is 0.889. The minimum absolute atomic E-state index is 0.0652. The summed E-state index contributed by atoms with van der Waals surface area (Å²) in [5, 5.41) is 6.22. The molecule has 0 bridgehead atoms. The number of nitrogens with two attached hydrogens (primary N) is 1. The lowest BCUT2D eigenvalue weighted by Gasteiger charge is -2.19. The first-order valence-corrected chi connectivity index (χ1v) is 7.76. The van der Waals surface area contributed by atoms with Gasteiger partial charge in [0, 0.05) is 31.9 Å². The van der Waals surface area contributed by atoms with E-state index in [1.54, 1.807) is 0 Å². The van der Waals surface area contributed by atoms with E-state index in [0.29, 0.717) is 12.1 Å². The van der Waals surface area contributed by atoms with Gasteiger partial charge in [0.25, 0.3) is 0 Å². The van der Waals surface area contributed by atoms with Crippen LogP contribution < -0.4 is 16.4 Å². The molecule has 3 rings (SSSR count). The van der Waals surface area contributed by atoms with Gasteiger partial charge < -0.3 is 21.1 Å². The van der Waals surface area contributed by atoms with Gasteiger partial charge in [0.2, 0.25) is 5.91 Å². The number of benzene rings is 1. The van der Waals surface area contributed by atoms with Crippen molar-refractivity contribution < 1.29 is 9.53 Å². The van der Waals surface area contributed by atoms with Crippen molar-refractivity contribution in [1.82, 2.24) is 0 Å². The van der Waals surface area contributed by atoms with Crippen LogP contribution in [0.15, 0.2) is 12.1 Å². The van der Waals surface area contributed by atoms with Crippen molar-refractivity contribution in [2.45, 2.75) is 32.1 Å². The Morgan fingerprint density at radius 2 is 2.19 bits per heavy atom. The number of nitrogen functional groups attached to an aromatic ring is 1. The smallest absolute Gasteiger partial charge is 0.224 e. The lowest BCUT2D eigenvalue weighted by atomic mass is 10.0. The highest BCUT2D eigenvalue weighted by molar-refractivity contribution is 5.95. The van der Waals surface area contributed by atoms with Crippen molar-refractivity contribution in [3.05, 3.63) is 17.7 Å². The minimum atomic E-state index is 0.0652. The molecule has 5 heteroatoms. The molecule has 1 aliphatic heterocycles. The van der Waals surface area contributed by atoms with Crippen LogP contribution in [-0.4, -0.2) is 25.7 Å². The standard InChI is InChI=1S/C16H23N3O2/c17-13-9-14-12(4-5-16(20)19-14)8-15(13)18-6-1-7-21-10-11-2-3-11/h8-9,11,18H,1-7,10,17H2,(H,19,20). The van der Waals surface area contributed by atoms with Gasteiger partial charge in [-0.3, -0.25) is 4.79 Å². The molecular weight excluding hydrogens is 266 g/mol. The zero-order chi connectivity index (χ0) is 14.7. The third kappa shape index (κ3) is 3.88. The topological polar surface area (TPSA) is 76.4 Å². The van der Waals surface area contributed by atoms with Gasteiger partial charge in [-0.15, -0.1) is 0 Å². The van der Waals surface area contributed by atoms with Gasteiger partial charge in [-0.25, -0.2) is 0 Å². The Kier molecular flexibility index (Phi) is 4.29. The summed E-state index contributed by atoms with van der Waals surface area (Å²) in [6, 6.07) is 3.90. The number of hydrogen-bond acceptors (Lipinski definition) is 4. The Hall–Kier alpha value is -1.75. The fourth-order valence-electron chi connectivity index (χ4n) is 2.53. The summed E-state index contributed by atoms with van der Waals surface area (Å²) in [4.78, 5) is 11.4. The van der Waals surface area contributed by atoms with Crippen LogP contribution in [0.3, 0.4) is 0 Å². The highest BCUT2D eigenvalue weighted by Gasteiger charge is 2.20. The normalized spacial score (nSPS) is 17.2. The first kappa shape index (κ1) is 14.2. The summed E-state index contributed by atoms with van der Waals surface area (Å²) in [5.41, 5.74) is 9.66. The number of anilines is 3. The lowest BCUT2D eigenvalue weighted by molar-refractivity contribution is -0.116. The van der Waals surface area contributed by atoms with Crippen molar-refractivity contribution in [3.8, 4) is 0 Å². The maximum atomic E-state index is 11.4. The van der Waals surface area contributed by atoms with Crippen molar-refractivity contribution in [2.24, 2.45) is 5.92 Å². The Morgan fingerprint density at radius 1 is 1.33 bits per heavy atom.